The fraction of sp³-hybridized carbons (Fsp3) is 0.286. The summed E-state index contributed by atoms with van der Waals surface area (Å²) < 4.78 is 11.8. The van der Waals surface area contributed by atoms with Crippen LogP contribution in [0.15, 0.2) is 47.0 Å². The molecule has 0 unspecified atom stereocenters. The SMILES string of the molecule is CC(=O)N1CCC(Oc2cccc(-c3onc4ccc(-c5nnn[nH]5)cc34)c2)CC1. The largest absolute Gasteiger partial charge is 0.490 e. The monoisotopic (exact) mass is 404 g/mol. The van der Waals surface area contributed by atoms with Gasteiger partial charge in [0.05, 0.1) is 5.39 Å². The minimum Gasteiger partial charge on any atom is -0.490 e. The van der Waals surface area contributed by atoms with Crippen LogP contribution >= 0.6 is 0 Å². The Morgan fingerprint density at radius 2 is 2.03 bits per heavy atom. The molecule has 0 radical (unpaired) electrons. The number of aromatic nitrogens is 5. The van der Waals surface area contributed by atoms with Crippen LogP contribution in [0.3, 0.4) is 0 Å². The Labute approximate surface area is 172 Å². The number of fused-ring (bicyclic) bond motifs is 1. The molecule has 30 heavy (non-hydrogen) atoms. The smallest absolute Gasteiger partial charge is 0.219 e. The molecule has 0 aliphatic carbocycles. The number of nitrogens with one attached hydrogen (secondary N) is 1. The van der Waals surface area contributed by atoms with Gasteiger partial charge in [-0.1, -0.05) is 17.3 Å². The van der Waals surface area contributed by atoms with Crippen LogP contribution in [0.1, 0.15) is 19.8 Å². The summed E-state index contributed by atoms with van der Waals surface area (Å²) in [4.78, 5) is 13.4. The van der Waals surface area contributed by atoms with E-state index in [1.165, 1.54) is 0 Å². The number of likely N-dealkylation sites (tertiary alicyclic amines) is 1. The quantitative estimate of drug-likeness (QED) is 0.556. The van der Waals surface area contributed by atoms with E-state index >= 15 is 0 Å². The van der Waals surface area contributed by atoms with Crippen molar-refractivity contribution in [1.82, 2.24) is 30.7 Å². The predicted octanol–water partition coefficient (Wildman–Crippen LogP) is 3.06. The lowest BCUT2D eigenvalue weighted by Crippen LogP contribution is -2.40. The van der Waals surface area contributed by atoms with Crippen LogP contribution in [0.25, 0.3) is 33.6 Å². The number of benzene rings is 2. The molecule has 2 aromatic carbocycles. The molecule has 152 valence electrons. The molecule has 1 saturated heterocycles. The Morgan fingerprint density at radius 1 is 1.17 bits per heavy atom. The van der Waals surface area contributed by atoms with Crippen LogP contribution in [0, 0.1) is 0 Å². The number of amides is 1. The number of carbonyl (C=O) groups excluding carboxylic acids is 1. The van der Waals surface area contributed by atoms with Gasteiger partial charge in [0.2, 0.25) is 5.91 Å². The Hall–Kier alpha value is -3.75. The van der Waals surface area contributed by atoms with Gasteiger partial charge in [-0.15, -0.1) is 5.10 Å². The molecule has 0 saturated carbocycles. The maximum atomic E-state index is 11.5. The van der Waals surface area contributed by atoms with Crippen molar-refractivity contribution in [2.45, 2.75) is 25.9 Å². The highest BCUT2D eigenvalue weighted by molar-refractivity contribution is 5.94. The summed E-state index contributed by atoms with van der Waals surface area (Å²) in [5, 5.41) is 19.0. The maximum Gasteiger partial charge on any atom is 0.219 e. The third kappa shape index (κ3) is 3.49. The first kappa shape index (κ1) is 18.3. The molecule has 0 atom stereocenters. The topological polar surface area (TPSA) is 110 Å². The lowest BCUT2D eigenvalue weighted by atomic mass is 10.1. The first-order chi connectivity index (χ1) is 14.7. The number of hydrogen-bond donors (Lipinski definition) is 1. The van der Waals surface area contributed by atoms with Crippen LogP contribution in [-0.4, -0.2) is 55.8 Å². The van der Waals surface area contributed by atoms with Crippen LogP contribution in [0.5, 0.6) is 5.75 Å². The third-order valence-electron chi connectivity index (χ3n) is 5.38. The molecule has 5 rings (SSSR count). The van der Waals surface area contributed by atoms with Crippen molar-refractivity contribution in [3.63, 3.8) is 0 Å². The first-order valence-electron chi connectivity index (χ1n) is 9.83. The average Bonchev–Trinajstić information content (AvgIpc) is 3.44. The number of ether oxygens (including phenoxy) is 1. The second-order valence-corrected chi connectivity index (χ2v) is 7.34. The highest BCUT2D eigenvalue weighted by Gasteiger charge is 2.22. The lowest BCUT2D eigenvalue weighted by molar-refractivity contribution is -0.130. The molecule has 1 aliphatic rings. The van der Waals surface area contributed by atoms with Crippen molar-refractivity contribution in [3.8, 4) is 28.5 Å². The van der Waals surface area contributed by atoms with Crippen LogP contribution in [-0.2, 0) is 4.79 Å². The van der Waals surface area contributed by atoms with Crippen molar-refractivity contribution in [1.29, 1.82) is 0 Å². The number of aromatic amines is 1. The minimum absolute atomic E-state index is 0.0906. The molecule has 0 bridgehead atoms. The molecule has 0 spiro atoms. The molecular formula is C21H20N6O3. The van der Waals surface area contributed by atoms with Gasteiger partial charge in [-0.05, 0) is 40.8 Å². The summed E-state index contributed by atoms with van der Waals surface area (Å²) >= 11 is 0. The normalized spacial score (nSPS) is 14.9. The molecule has 1 N–H and O–H groups in total. The lowest BCUT2D eigenvalue weighted by Gasteiger charge is -2.31. The minimum atomic E-state index is 0.0906. The summed E-state index contributed by atoms with van der Waals surface area (Å²) in [6, 6.07) is 13.5. The molecule has 1 amide bonds. The standard InChI is InChI=1S/C21H20N6O3/c1-13(28)27-9-7-16(8-10-27)29-17-4-2-3-14(11-17)20-18-12-15(21-22-25-26-23-21)5-6-19(18)24-30-20/h2-6,11-12,16H,7-10H2,1H3,(H,22,23,25,26). The van der Waals surface area contributed by atoms with Crippen LogP contribution < -0.4 is 4.74 Å². The van der Waals surface area contributed by atoms with E-state index in [2.05, 4.69) is 25.8 Å². The molecule has 4 aromatic rings. The van der Waals surface area contributed by atoms with Crippen molar-refractivity contribution < 1.29 is 14.1 Å². The number of rotatable bonds is 4. The van der Waals surface area contributed by atoms with E-state index in [9.17, 15) is 4.79 Å². The number of nitrogens with zero attached hydrogens (tertiary/aromatic N) is 5. The fourth-order valence-corrected chi connectivity index (χ4v) is 3.77. The zero-order valence-electron chi connectivity index (χ0n) is 16.4. The number of H-pyrrole nitrogens is 1. The van der Waals surface area contributed by atoms with E-state index in [-0.39, 0.29) is 12.0 Å². The number of hydrogen-bond acceptors (Lipinski definition) is 7. The summed E-state index contributed by atoms with van der Waals surface area (Å²) in [5.74, 6) is 2.14. The van der Waals surface area contributed by atoms with Gasteiger partial charge in [0, 0.05) is 44.0 Å². The van der Waals surface area contributed by atoms with E-state index in [1.807, 2.05) is 47.4 Å². The highest BCUT2D eigenvalue weighted by atomic mass is 16.5. The number of piperidine rings is 1. The number of tetrazole rings is 1. The van der Waals surface area contributed by atoms with Crippen LogP contribution in [0.4, 0.5) is 0 Å². The Balaban J connectivity index is 1.39. The zero-order chi connectivity index (χ0) is 20.5. The van der Waals surface area contributed by atoms with E-state index in [0.29, 0.717) is 11.6 Å². The summed E-state index contributed by atoms with van der Waals surface area (Å²) in [6.07, 6.45) is 1.74. The molecule has 3 heterocycles. The zero-order valence-corrected chi connectivity index (χ0v) is 16.4. The molecule has 9 heteroatoms. The van der Waals surface area contributed by atoms with Crippen molar-refractivity contribution >= 4 is 16.8 Å². The van der Waals surface area contributed by atoms with Gasteiger partial charge in [0.1, 0.15) is 17.4 Å². The summed E-state index contributed by atoms with van der Waals surface area (Å²) in [6.45, 7) is 3.06. The van der Waals surface area contributed by atoms with Gasteiger partial charge in [-0.2, -0.15) is 0 Å². The van der Waals surface area contributed by atoms with Gasteiger partial charge in [-0.3, -0.25) is 4.79 Å². The summed E-state index contributed by atoms with van der Waals surface area (Å²) in [7, 11) is 0. The molecule has 1 fully saturated rings. The van der Waals surface area contributed by atoms with E-state index in [1.54, 1.807) is 6.92 Å². The average molecular weight is 404 g/mol. The maximum absolute atomic E-state index is 11.5. The van der Waals surface area contributed by atoms with Gasteiger partial charge in [-0.25, -0.2) is 5.10 Å². The summed E-state index contributed by atoms with van der Waals surface area (Å²) in [5.41, 5.74) is 2.48. The first-order valence-corrected chi connectivity index (χ1v) is 9.83. The molecule has 2 aromatic heterocycles. The van der Waals surface area contributed by atoms with Crippen molar-refractivity contribution in [2.75, 3.05) is 13.1 Å². The second kappa shape index (κ2) is 7.58. The van der Waals surface area contributed by atoms with Crippen molar-refractivity contribution in [2.24, 2.45) is 0 Å². The van der Waals surface area contributed by atoms with Gasteiger partial charge >= 0.3 is 0 Å². The second-order valence-electron chi connectivity index (χ2n) is 7.34. The molecular weight excluding hydrogens is 384 g/mol. The Bertz CT molecular complexity index is 1180. The van der Waals surface area contributed by atoms with E-state index in [0.717, 1.165) is 53.7 Å². The number of carbonyl (C=O) groups is 1. The van der Waals surface area contributed by atoms with Crippen molar-refractivity contribution in [3.05, 3.63) is 42.5 Å². The molecule has 1 aliphatic heterocycles. The Morgan fingerprint density at radius 3 is 2.80 bits per heavy atom. The predicted molar refractivity (Wildman–Crippen MR) is 109 cm³/mol. The van der Waals surface area contributed by atoms with E-state index in [4.69, 9.17) is 9.26 Å². The Kier molecular flexibility index (Phi) is 4.62. The van der Waals surface area contributed by atoms with Gasteiger partial charge < -0.3 is 14.2 Å². The van der Waals surface area contributed by atoms with Gasteiger partial charge in [0.15, 0.2) is 11.6 Å². The highest BCUT2D eigenvalue weighted by Crippen LogP contribution is 2.33. The van der Waals surface area contributed by atoms with Crippen LogP contribution in [0.2, 0.25) is 0 Å². The van der Waals surface area contributed by atoms with Gasteiger partial charge in [0.25, 0.3) is 0 Å². The fourth-order valence-electron chi connectivity index (χ4n) is 3.77. The molecule has 9 nitrogen and oxygen atoms in total. The third-order valence-corrected chi connectivity index (χ3v) is 5.38. The van der Waals surface area contributed by atoms with E-state index < -0.39 is 0 Å².